The van der Waals surface area contributed by atoms with Crippen molar-refractivity contribution in [3.8, 4) is 11.3 Å². The molecule has 1 fully saturated rings. The Bertz CT molecular complexity index is 1360. The average Bonchev–Trinajstić information content (AvgIpc) is 3.49. The van der Waals surface area contributed by atoms with E-state index in [1.807, 2.05) is 64.9 Å². The minimum Gasteiger partial charge on any atom is -0.366 e. The molecule has 0 spiro atoms. The van der Waals surface area contributed by atoms with Crippen molar-refractivity contribution in [2.24, 2.45) is 0 Å². The summed E-state index contributed by atoms with van der Waals surface area (Å²) in [4.78, 5) is 31.4. The zero-order valence-corrected chi connectivity index (χ0v) is 18.2. The minimum atomic E-state index is -0.424. The molecule has 1 aliphatic rings. The van der Waals surface area contributed by atoms with E-state index in [4.69, 9.17) is 4.98 Å². The monoisotopic (exact) mass is 441 g/mol. The molecular weight excluding hydrogens is 418 g/mol. The zero-order chi connectivity index (χ0) is 22.9. The molecule has 8 heteroatoms. The van der Waals surface area contributed by atoms with Crippen molar-refractivity contribution in [2.75, 3.05) is 23.3 Å². The van der Waals surface area contributed by atoms with Gasteiger partial charge in [0.1, 0.15) is 22.8 Å². The van der Waals surface area contributed by atoms with E-state index in [1.54, 1.807) is 12.1 Å². The fourth-order valence-electron chi connectivity index (χ4n) is 4.34. The molecule has 4 aromatic rings. The second-order valence-electron chi connectivity index (χ2n) is 8.17. The maximum absolute atomic E-state index is 13.2. The van der Waals surface area contributed by atoms with Crippen LogP contribution in [-0.2, 0) is 0 Å². The van der Waals surface area contributed by atoms with Gasteiger partial charge in [0.05, 0.1) is 4.92 Å². The van der Waals surface area contributed by atoms with Crippen LogP contribution in [0.25, 0.3) is 16.9 Å². The van der Waals surface area contributed by atoms with Crippen LogP contribution < -0.4 is 10.2 Å². The summed E-state index contributed by atoms with van der Waals surface area (Å²) in [6.45, 7) is 3.53. The van der Waals surface area contributed by atoms with E-state index < -0.39 is 10.8 Å². The second kappa shape index (κ2) is 8.38. The third-order valence-corrected chi connectivity index (χ3v) is 6.01. The summed E-state index contributed by atoms with van der Waals surface area (Å²) >= 11 is 0. The fraction of sp³-hybridized carbons (Fsp3) is 0.200. The number of nitro benzene ring substituents is 1. The molecule has 2 aromatic heterocycles. The molecule has 0 bridgehead atoms. The van der Waals surface area contributed by atoms with Crippen LogP contribution in [0.2, 0.25) is 0 Å². The molecule has 0 radical (unpaired) electrons. The molecule has 3 heterocycles. The third-order valence-electron chi connectivity index (χ3n) is 6.01. The van der Waals surface area contributed by atoms with Gasteiger partial charge in [-0.3, -0.25) is 19.3 Å². The van der Waals surface area contributed by atoms with E-state index in [0.29, 0.717) is 17.2 Å². The average molecular weight is 441 g/mol. The van der Waals surface area contributed by atoms with E-state index in [-0.39, 0.29) is 11.3 Å². The highest BCUT2D eigenvalue weighted by atomic mass is 16.6. The van der Waals surface area contributed by atoms with Gasteiger partial charge in [0.15, 0.2) is 0 Å². The van der Waals surface area contributed by atoms with Crippen molar-refractivity contribution in [1.82, 2.24) is 9.38 Å². The molecule has 1 saturated heterocycles. The molecular formula is C25H23N5O3. The van der Waals surface area contributed by atoms with Crippen molar-refractivity contribution < 1.29 is 9.72 Å². The lowest BCUT2D eigenvalue weighted by Gasteiger charge is -2.18. The molecule has 2 aromatic carbocycles. The predicted octanol–water partition coefficient (Wildman–Crippen LogP) is 5.07. The second-order valence-corrected chi connectivity index (χ2v) is 8.17. The van der Waals surface area contributed by atoms with E-state index >= 15 is 0 Å². The van der Waals surface area contributed by atoms with Gasteiger partial charge >= 0.3 is 0 Å². The first-order chi connectivity index (χ1) is 16.0. The van der Waals surface area contributed by atoms with Crippen molar-refractivity contribution in [3.63, 3.8) is 0 Å². The molecule has 0 saturated carbocycles. The Morgan fingerprint density at radius 2 is 1.82 bits per heavy atom. The maximum atomic E-state index is 13.2. The van der Waals surface area contributed by atoms with Gasteiger partial charge in [0, 0.05) is 36.5 Å². The molecule has 0 atom stereocenters. The lowest BCUT2D eigenvalue weighted by molar-refractivity contribution is -0.384. The molecule has 1 N–H and O–H groups in total. The largest absolute Gasteiger partial charge is 0.366 e. The van der Waals surface area contributed by atoms with E-state index in [0.717, 1.165) is 42.7 Å². The Labute approximate surface area is 190 Å². The van der Waals surface area contributed by atoms with Gasteiger partial charge in [-0.15, -0.1) is 0 Å². The zero-order valence-electron chi connectivity index (χ0n) is 18.2. The van der Waals surface area contributed by atoms with Gasteiger partial charge in [-0.1, -0.05) is 36.4 Å². The molecule has 8 nitrogen and oxygen atoms in total. The Balaban J connectivity index is 1.55. The van der Waals surface area contributed by atoms with Crippen molar-refractivity contribution in [2.45, 2.75) is 19.8 Å². The van der Waals surface area contributed by atoms with Crippen LogP contribution in [0.1, 0.15) is 28.8 Å². The first-order valence-corrected chi connectivity index (χ1v) is 10.9. The molecule has 1 amide bonds. The summed E-state index contributed by atoms with van der Waals surface area (Å²) in [6, 6.07) is 18.2. The van der Waals surface area contributed by atoms with Crippen molar-refractivity contribution in [1.29, 1.82) is 0 Å². The van der Waals surface area contributed by atoms with E-state index in [2.05, 4.69) is 5.32 Å². The van der Waals surface area contributed by atoms with Gasteiger partial charge in [0.25, 0.3) is 11.6 Å². The number of anilines is 2. The Hall–Kier alpha value is -4.20. The lowest BCUT2D eigenvalue weighted by Crippen LogP contribution is -2.20. The number of aromatic nitrogens is 2. The third kappa shape index (κ3) is 3.80. The number of amides is 1. The number of nitro groups is 1. The normalized spacial score (nSPS) is 13.4. The van der Waals surface area contributed by atoms with Crippen LogP contribution in [-0.4, -0.2) is 33.3 Å². The molecule has 166 valence electrons. The Morgan fingerprint density at radius 1 is 1.06 bits per heavy atom. The highest BCUT2D eigenvalue weighted by Gasteiger charge is 2.25. The van der Waals surface area contributed by atoms with Crippen LogP contribution in [0.3, 0.4) is 0 Å². The van der Waals surface area contributed by atoms with Gasteiger partial charge < -0.3 is 10.2 Å². The number of aryl methyl sites for hydroxylation is 1. The van der Waals surface area contributed by atoms with Crippen molar-refractivity contribution in [3.05, 3.63) is 88.1 Å². The maximum Gasteiger partial charge on any atom is 0.293 e. The van der Waals surface area contributed by atoms with Crippen LogP contribution >= 0.6 is 0 Å². The fourth-order valence-corrected chi connectivity index (χ4v) is 4.34. The van der Waals surface area contributed by atoms with E-state index in [9.17, 15) is 14.9 Å². The number of pyridine rings is 1. The number of carbonyl (C=O) groups is 1. The predicted molar refractivity (Wildman–Crippen MR) is 128 cm³/mol. The molecule has 0 unspecified atom stereocenters. The molecule has 5 rings (SSSR count). The number of fused-ring (bicyclic) bond motifs is 1. The number of imidazole rings is 1. The van der Waals surface area contributed by atoms with Crippen LogP contribution in [0.5, 0.6) is 0 Å². The number of nitrogens with one attached hydrogen (secondary N) is 1. The number of benzene rings is 2. The number of nitrogens with zero attached hydrogens (tertiary/aromatic N) is 4. The van der Waals surface area contributed by atoms with E-state index in [1.165, 1.54) is 6.07 Å². The quantitative estimate of drug-likeness (QED) is 0.345. The number of hydrogen-bond acceptors (Lipinski definition) is 5. The Morgan fingerprint density at radius 3 is 2.55 bits per heavy atom. The molecule has 33 heavy (non-hydrogen) atoms. The van der Waals surface area contributed by atoms with Gasteiger partial charge in [-0.25, -0.2) is 4.98 Å². The van der Waals surface area contributed by atoms with Crippen LogP contribution in [0.4, 0.5) is 17.2 Å². The van der Waals surface area contributed by atoms with Gasteiger partial charge in [0.2, 0.25) is 0 Å². The Kier molecular flexibility index (Phi) is 5.26. The first kappa shape index (κ1) is 20.7. The van der Waals surface area contributed by atoms with Gasteiger partial charge in [-0.05, 0) is 43.5 Å². The number of hydrogen-bond donors (Lipinski definition) is 1. The summed E-state index contributed by atoms with van der Waals surface area (Å²) < 4.78 is 1.84. The summed E-state index contributed by atoms with van der Waals surface area (Å²) in [6.07, 6.45) is 3.86. The summed E-state index contributed by atoms with van der Waals surface area (Å²) in [5.74, 6) is 0.0998. The summed E-state index contributed by atoms with van der Waals surface area (Å²) in [7, 11) is 0. The number of rotatable bonds is 5. The molecule has 0 aliphatic carbocycles. The molecule has 1 aliphatic heterocycles. The van der Waals surface area contributed by atoms with Crippen LogP contribution in [0.15, 0.2) is 66.9 Å². The summed E-state index contributed by atoms with van der Waals surface area (Å²) in [5, 5.41) is 14.7. The summed E-state index contributed by atoms with van der Waals surface area (Å²) in [5.41, 5.74) is 3.95. The standard InChI is InChI=1S/C25H23N5O3/c1-17-8-7-15-29-23(17)26-22(18-9-3-2-4-10-18)24(29)27-25(31)19-11-12-20(21(16-19)30(32)33)28-13-5-6-14-28/h2-4,7-12,15-16H,5-6,13-14H2,1H3,(H,27,31). The smallest absolute Gasteiger partial charge is 0.293 e. The first-order valence-electron chi connectivity index (χ1n) is 10.9. The lowest BCUT2D eigenvalue weighted by atomic mass is 10.1. The van der Waals surface area contributed by atoms with Crippen LogP contribution in [0, 0.1) is 17.0 Å². The SMILES string of the molecule is Cc1cccn2c(NC(=O)c3ccc(N4CCCC4)c([N+](=O)[O-])c3)c(-c3ccccc3)nc12. The van der Waals surface area contributed by atoms with Gasteiger partial charge in [-0.2, -0.15) is 0 Å². The number of carbonyl (C=O) groups excluding carboxylic acids is 1. The van der Waals surface area contributed by atoms with Crippen molar-refractivity contribution >= 4 is 28.7 Å². The highest BCUT2D eigenvalue weighted by Crippen LogP contribution is 2.33. The highest BCUT2D eigenvalue weighted by molar-refractivity contribution is 6.06. The minimum absolute atomic E-state index is 0.0539. The topological polar surface area (TPSA) is 92.8 Å².